The minimum Gasteiger partial charge on any atom is -0.370 e. The zero-order chi connectivity index (χ0) is 8.69. The molecule has 2 unspecified atom stereocenters. The van der Waals surface area contributed by atoms with Gasteiger partial charge in [0.1, 0.15) is 0 Å². The highest BCUT2D eigenvalue weighted by Gasteiger charge is 2.39. The summed E-state index contributed by atoms with van der Waals surface area (Å²) in [7, 11) is 1.50. The second kappa shape index (κ2) is 6.62. The zero-order valence-corrected chi connectivity index (χ0v) is 7.97. The van der Waals surface area contributed by atoms with E-state index in [1.54, 1.807) is 0 Å². The standard InChI is InChI=1S/C6H10O.C2H6.CH5N/c1-2-4-6-5(3-1)7-6;2*1-2/h5-6H,1-4H2;1-2H3;2H2,1H3. The third-order valence-corrected chi connectivity index (χ3v) is 1.91. The van der Waals surface area contributed by atoms with E-state index in [-0.39, 0.29) is 0 Å². The Kier molecular flexibility index (Phi) is 6.57. The summed E-state index contributed by atoms with van der Waals surface area (Å²) in [4.78, 5) is 0. The molecule has 2 nitrogen and oxygen atoms in total. The van der Waals surface area contributed by atoms with Gasteiger partial charge >= 0.3 is 0 Å². The van der Waals surface area contributed by atoms with Crippen molar-refractivity contribution in [1.29, 1.82) is 0 Å². The number of ether oxygens (including phenoxy) is 1. The monoisotopic (exact) mass is 159 g/mol. The quantitative estimate of drug-likeness (QED) is 0.548. The minimum absolute atomic E-state index is 0.703. The van der Waals surface area contributed by atoms with Crippen molar-refractivity contribution in [1.82, 2.24) is 0 Å². The molecule has 0 radical (unpaired) electrons. The molecule has 0 spiro atoms. The summed E-state index contributed by atoms with van der Waals surface area (Å²) in [6, 6.07) is 0. The Morgan fingerprint density at radius 2 is 1.36 bits per heavy atom. The van der Waals surface area contributed by atoms with Crippen molar-refractivity contribution in [2.75, 3.05) is 7.05 Å². The highest BCUT2D eigenvalue weighted by atomic mass is 16.6. The summed E-state index contributed by atoms with van der Waals surface area (Å²) in [5.74, 6) is 0. The highest BCUT2D eigenvalue weighted by Crippen LogP contribution is 2.35. The molecule has 2 rings (SSSR count). The first-order valence-electron chi connectivity index (χ1n) is 4.70. The summed E-state index contributed by atoms with van der Waals surface area (Å²) in [6.07, 6.45) is 6.89. The number of hydrogen-bond acceptors (Lipinski definition) is 2. The van der Waals surface area contributed by atoms with Crippen LogP contribution in [0, 0.1) is 0 Å². The molecule has 0 aromatic carbocycles. The van der Waals surface area contributed by atoms with Crippen LogP contribution in [0.25, 0.3) is 0 Å². The number of fused-ring (bicyclic) bond motifs is 1. The summed E-state index contributed by atoms with van der Waals surface area (Å²) in [6.45, 7) is 4.00. The van der Waals surface area contributed by atoms with E-state index < -0.39 is 0 Å². The molecule has 1 aliphatic heterocycles. The lowest BCUT2D eigenvalue weighted by atomic mass is 10.0. The lowest BCUT2D eigenvalue weighted by molar-refractivity contribution is 0.373. The molecular weight excluding hydrogens is 138 g/mol. The Labute approximate surface area is 70.1 Å². The Hall–Kier alpha value is -0.0800. The largest absolute Gasteiger partial charge is 0.370 e. The third kappa shape index (κ3) is 3.73. The van der Waals surface area contributed by atoms with Gasteiger partial charge in [-0.2, -0.15) is 0 Å². The second-order valence-corrected chi connectivity index (χ2v) is 2.50. The fourth-order valence-electron chi connectivity index (χ4n) is 1.38. The number of rotatable bonds is 0. The lowest BCUT2D eigenvalue weighted by Crippen LogP contribution is -2.00. The maximum absolute atomic E-state index is 5.28. The molecule has 2 N–H and O–H groups in total. The van der Waals surface area contributed by atoms with Crippen LogP contribution in [0.1, 0.15) is 39.5 Å². The van der Waals surface area contributed by atoms with E-state index >= 15 is 0 Å². The fourth-order valence-corrected chi connectivity index (χ4v) is 1.38. The van der Waals surface area contributed by atoms with E-state index in [1.165, 1.54) is 32.7 Å². The van der Waals surface area contributed by atoms with Gasteiger partial charge in [0.2, 0.25) is 0 Å². The molecule has 2 heteroatoms. The SMILES string of the molecule is C1CCC2OC2C1.CC.CN. The van der Waals surface area contributed by atoms with Gasteiger partial charge in [0, 0.05) is 0 Å². The van der Waals surface area contributed by atoms with E-state index in [2.05, 4.69) is 5.73 Å². The first-order valence-corrected chi connectivity index (χ1v) is 4.70. The van der Waals surface area contributed by atoms with Crippen molar-refractivity contribution in [2.45, 2.75) is 51.7 Å². The Bertz CT molecular complexity index is 75.6. The smallest absolute Gasteiger partial charge is 0.0841 e. The topological polar surface area (TPSA) is 38.5 Å². The molecule has 0 bridgehead atoms. The molecule has 0 aromatic heterocycles. The summed E-state index contributed by atoms with van der Waals surface area (Å²) >= 11 is 0. The van der Waals surface area contributed by atoms with Gasteiger partial charge in [-0.3, -0.25) is 0 Å². The van der Waals surface area contributed by atoms with Crippen LogP contribution in [-0.2, 0) is 4.74 Å². The Balaban J connectivity index is 0.000000222. The molecule has 0 aromatic rings. The van der Waals surface area contributed by atoms with Crippen LogP contribution in [0.15, 0.2) is 0 Å². The van der Waals surface area contributed by atoms with Gasteiger partial charge in [-0.05, 0) is 19.9 Å². The second-order valence-electron chi connectivity index (χ2n) is 2.50. The molecule has 1 saturated heterocycles. The van der Waals surface area contributed by atoms with Gasteiger partial charge in [-0.1, -0.05) is 26.7 Å². The van der Waals surface area contributed by atoms with E-state index in [0.29, 0.717) is 12.2 Å². The first-order chi connectivity index (χ1) is 5.47. The number of hydrogen-bond donors (Lipinski definition) is 1. The van der Waals surface area contributed by atoms with Gasteiger partial charge in [-0.25, -0.2) is 0 Å². The predicted octanol–water partition coefficient (Wildman–Crippen LogP) is 1.93. The van der Waals surface area contributed by atoms with E-state index in [9.17, 15) is 0 Å². The molecule has 1 heterocycles. The van der Waals surface area contributed by atoms with Crippen molar-refractivity contribution >= 4 is 0 Å². The Morgan fingerprint density at radius 1 is 1.00 bits per heavy atom. The molecule has 2 atom stereocenters. The van der Waals surface area contributed by atoms with Crippen LogP contribution >= 0.6 is 0 Å². The maximum Gasteiger partial charge on any atom is 0.0841 e. The van der Waals surface area contributed by atoms with Gasteiger partial charge < -0.3 is 10.5 Å². The van der Waals surface area contributed by atoms with E-state index in [1.807, 2.05) is 13.8 Å². The van der Waals surface area contributed by atoms with Crippen molar-refractivity contribution in [3.63, 3.8) is 0 Å². The molecular formula is C9H21NO. The van der Waals surface area contributed by atoms with Crippen LogP contribution in [0.5, 0.6) is 0 Å². The molecule has 11 heavy (non-hydrogen) atoms. The van der Waals surface area contributed by atoms with Gasteiger partial charge in [0.05, 0.1) is 12.2 Å². The average Bonchev–Trinajstić information content (AvgIpc) is 2.90. The van der Waals surface area contributed by atoms with Crippen LogP contribution in [-0.4, -0.2) is 19.3 Å². The van der Waals surface area contributed by atoms with Crippen LogP contribution in [0.4, 0.5) is 0 Å². The minimum atomic E-state index is 0.703. The van der Waals surface area contributed by atoms with Crippen LogP contribution in [0.2, 0.25) is 0 Å². The van der Waals surface area contributed by atoms with Crippen molar-refractivity contribution in [3.05, 3.63) is 0 Å². The number of epoxide rings is 1. The molecule has 0 amide bonds. The van der Waals surface area contributed by atoms with Crippen molar-refractivity contribution in [2.24, 2.45) is 5.73 Å². The van der Waals surface area contributed by atoms with Crippen LogP contribution in [0.3, 0.4) is 0 Å². The molecule has 68 valence electrons. The van der Waals surface area contributed by atoms with E-state index in [0.717, 1.165) is 0 Å². The third-order valence-electron chi connectivity index (χ3n) is 1.91. The first kappa shape index (κ1) is 10.9. The summed E-state index contributed by atoms with van der Waals surface area (Å²) < 4.78 is 5.28. The molecule has 2 fully saturated rings. The van der Waals surface area contributed by atoms with E-state index in [4.69, 9.17) is 4.74 Å². The molecule has 1 aliphatic carbocycles. The Morgan fingerprint density at radius 3 is 1.64 bits per heavy atom. The zero-order valence-electron chi connectivity index (χ0n) is 7.97. The van der Waals surface area contributed by atoms with Crippen molar-refractivity contribution in [3.8, 4) is 0 Å². The van der Waals surface area contributed by atoms with Gasteiger partial charge in [0.25, 0.3) is 0 Å². The van der Waals surface area contributed by atoms with Crippen LogP contribution < -0.4 is 5.73 Å². The summed E-state index contributed by atoms with van der Waals surface area (Å²) in [5, 5.41) is 0. The normalized spacial score (nSPS) is 31.6. The maximum atomic E-state index is 5.28. The van der Waals surface area contributed by atoms with Crippen molar-refractivity contribution < 1.29 is 4.74 Å². The molecule has 1 saturated carbocycles. The van der Waals surface area contributed by atoms with Gasteiger partial charge in [0.15, 0.2) is 0 Å². The predicted molar refractivity (Wildman–Crippen MR) is 48.6 cm³/mol. The fraction of sp³-hybridized carbons (Fsp3) is 1.00. The highest BCUT2D eigenvalue weighted by molar-refractivity contribution is 4.87. The average molecular weight is 159 g/mol. The summed E-state index contributed by atoms with van der Waals surface area (Å²) in [5.41, 5.74) is 4.50. The van der Waals surface area contributed by atoms with Gasteiger partial charge in [-0.15, -0.1) is 0 Å². The molecule has 2 aliphatic rings. The number of nitrogens with two attached hydrogens (primary N) is 1. The lowest BCUT2D eigenvalue weighted by Gasteiger charge is -2.00.